The summed E-state index contributed by atoms with van der Waals surface area (Å²) in [6.45, 7) is 2.07. The number of nitrogens with one attached hydrogen (secondary N) is 1. The molecule has 1 aliphatic heterocycles. The summed E-state index contributed by atoms with van der Waals surface area (Å²) in [5, 5.41) is 13.5. The van der Waals surface area contributed by atoms with Crippen LogP contribution in [0.15, 0.2) is 42.5 Å². The molecule has 0 amide bonds. The molecular weight excluding hydrogens is 369 g/mol. The SMILES string of the molecule is CN(C)C1CCN(c2ccc(NC(O)c3ccc(OC4CCC4)c(F)c3)cc2)C1. The fourth-order valence-corrected chi connectivity index (χ4v) is 3.86. The summed E-state index contributed by atoms with van der Waals surface area (Å²) in [6.07, 6.45) is 3.40. The van der Waals surface area contributed by atoms with Gasteiger partial charge in [-0.3, -0.25) is 0 Å². The number of likely N-dealkylation sites (N-methyl/N-ethyl adjacent to an activating group) is 1. The van der Waals surface area contributed by atoms with E-state index in [0.717, 1.165) is 44.5 Å². The molecule has 156 valence electrons. The Labute approximate surface area is 172 Å². The Morgan fingerprint density at radius 2 is 1.90 bits per heavy atom. The van der Waals surface area contributed by atoms with Crippen molar-refractivity contribution in [2.45, 2.75) is 44.1 Å². The van der Waals surface area contributed by atoms with E-state index in [1.165, 1.54) is 11.8 Å². The van der Waals surface area contributed by atoms with Crippen LogP contribution in [0.4, 0.5) is 15.8 Å². The molecule has 5 nitrogen and oxygen atoms in total. The number of hydrogen-bond acceptors (Lipinski definition) is 5. The van der Waals surface area contributed by atoms with Crippen molar-refractivity contribution in [3.05, 3.63) is 53.8 Å². The van der Waals surface area contributed by atoms with E-state index in [1.54, 1.807) is 12.1 Å². The molecule has 2 fully saturated rings. The van der Waals surface area contributed by atoms with Gasteiger partial charge in [0.2, 0.25) is 0 Å². The van der Waals surface area contributed by atoms with Crippen LogP contribution in [-0.4, -0.2) is 49.3 Å². The first-order valence-corrected chi connectivity index (χ1v) is 10.4. The minimum atomic E-state index is -0.988. The Hall–Kier alpha value is -2.31. The zero-order valence-corrected chi connectivity index (χ0v) is 17.1. The molecule has 2 N–H and O–H groups in total. The summed E-state index contributed by atoms with van der Waals surface area (Å²) < 4.78 is 19.9. The number of aliphatic hydroxyl groups is 1. The fourth-order valence-electron chi connectivity index (χ4n) is 3.86. The number of aliphatic hydroxyl groups excluding tert-OH is 1. The monoisotopic (exact) mass is 399 g/mol. The molecule has 0 bridgehead atoms. The van der Waals surface area contributed by atoms with E-state index >= 15 is 0 Å². The molecule has 0 aromatic heterocycles. The number of benzene rings is 2. The molecule has 2 atom stereocenters. The van der Waals surface area contributed by atoms with E-state index in [-0.39, 0.29) is 11.9 Å². The second kappa shape index (κ2) is 8.59. The molecule has 0 radical (unpaired) electrons. The van der Waals surface area contributed by atoms with Gasteiger partial charge in [0.15, 0.2) is 17.8 Å². The highest BCUT2D eigenvalue weighted by atomic mass is 19.1. The predicted octanol–water partition coefficient (Wildman–Crippen LogP) is 4.00. The van der Waals surface area contributed by atoms with Crippen LogP contribution in [0.25, 0.3) is 0 Å². The molecule has 1 saturated carbocycles. The normalized spacial score (nSPS) is 20.6. The number of anilines is 2. The van der Waals surface area contributed by atoms with Crippen LogP contribution in [-0.2, 0) is 0 Å². The van der Waals surface area contributed by atoms with Gasteiger partial charge in [-0.2, -0.15) is 0 Å². The standard InChI is InChI=1S/C23H30FN3O2/c1-26(2)19-12-13-27(15-19)18-9-7-17(8-10-18)25-23(28)16-6-11-22(21(24)14-16)29-20-4-3-5-20/h6-11,14,19-20,23,25,28H,3-5,12-13,15H2,1-2H3. The summed E-state index contributed by atoms with van der Waals surface area (Å²) in [7, 11) is 4.24. The minimum absolute atomic E-state index is 0.125. The maximum atomic E-state index is 14.3. The molecule has 2 aliphatic rings. The lowest BCUT2D eigenvalue weighted by molar-refractivity contribution is 0.115. The number of rotatable bonds is 7. The van der Waals surface area contributed by atoms with Crippen molar-refractivity contribution in [3.63, 3.8) is 0 Å². The van der Waals surface area contributed by atoms with Crippen LogP contribution in [0.1, 0.15) is 37.5 Å². The molecule has 29 heavy (non-hydrogen) atoms. The summed E-state index contributed by atoms with van der Waals surface area (Å²) in [5.74, 6) is -0.174. The largest absolute Gasteiger partial charge is 0.487 e. The Bertz CT molecular complexity index is 823. The average molecular weight is 400 g/mol. The lowest BCUT2D eigenvalue weighted by atomic mass is 9.96. The number of halogens is 1. The van der Waals surface area contributed by atoms with Crippen LogP contribution < -0.4 is 15.0 Å². The third-order valence-corrected chi connectivity index (χ3v) is 6.05. The zero-order valence-electron chi connectivity index (χ0n) is 17.1. The van der Waals surface area contributed by atoms with Gasteiger partial charge < -0.3 is 25.0 Å². The lowest BCUT2D eigenvalue weighted by Crippen LogP contribution is -2.31. The van der Waals surface area contributed by atoms with Crippen molar-refractivity contribution in [1.82, 2.24) is 4.90 Å². The molecule has 6 heteroatoms. The van der Waals surface area contributed by atoms with E-state index in [2.05, 4.69) is 41.3 Å². The highest BCUT2D eigenvalue weighted by Gasteiger charge is 2.24. The first-order valence-electron chi connectivity index (χ1n) is 10.4. The quantitative estimate of drug-likeness (QED) is 0.689. The molecule has 2 aromatic carbocycles. The average Bonchev–Trinajstić information content (AvgIpc) is 3.16. The first kappa shape index (κ1) is 20.0. The van der Waals surface area contributed by atoms with Crippen molar-refractivity contribution < 1.29 is 14.2 Å². The van der Waals surface area contributed by atoms with Gasteiger partial charge in [0.1, 0.15) is 0 Å². The molecule has 1 aliphatic carbocycles. The van der Waals surface area contributed by atoms with E-state index in [1.807, 2.05) is 12.1 Å². The van der Waals surface area contributed by atoms with Gasteiger partial charge >= 0.3 is 0 Å². The van der Waals surface area contributed by atoms with Crippen LogP contribution in [0.2, 0.25) is 0 Å². The van der Waals surface area contributed by atoms with Gasteiger partial charge in [0.25, 0.3) is 0 Å². The maximum absolute atomic E-state index is 14.3. The molecule has 1 heterocycles. The van der Waals surface area contributed by atoms with Gasteiger partial charge in [0.05, 0.1) is 6.10 Å². The van der Waals surface area contributed by atoms with Crippen molar-refractivity contribution >= 4 is 11.4 Å². The van der Waals surface area contributed by atoms with Crippen LogP contribution >= 0.6 is 0 Å². The Morgan fingerprint density at radius 1 is 1.14 bits per heavy atom. The van der Waals surface area contributed by atoms with Gasteiger partial charge in [0, 0.05) is 36.1 Å². The predicted molar refractivity (Wildman–Crippen MR) is 114 cm³/mol. The molecule has 2 aromatic rings. The molecule has 2 unspecified atom stereocenters. The molecular formula is C23H30FN3O2. The second-order valence-electron chi connectivity index (χ2n) is 8.31. The van der Waals surface area contributed by atoms with Crippen LogP contribution in [0, 0.1) is 5.82 Å². The van der Waals surface area contributed by atoms with E-state index in [4.69, 9.17) is 4.74 Å². The third-order valence-electron chi connectivity index (χ3n) is 6.05. The van der Waals surface area contributed by atoms with Crippen LogP contribution in [0.5, 0.6) is 5.75 Å². The number of ether oxygens (including phenoxy) is 1. The minimum Gasteiger partial charge on any atom is -0.487 e. The Balaban J connectivity index is 1.35. The molecule has 1 saturated heterocycles. The second-order valence-corrected chi connectivity index (χ2v) is 8.31. The van der Waals surface area contributed by atoms with Crippen molar-refractivity contribution in [2.24, 2.45) is 0 Å². The fraction of sp³-hybridized carbons (Fsp3) is 0.478. The summed E-state index contributed by atoms with van der Waals surface area (Å²) >= 11 is 0. The molecule has 4 rings (SSSR count). The Kier molecular flexibility index (Phi) is 5.92. The van der Waals surface area contributed by atoms with Gasteiger partial charge in [-0.05, 0) is 76.2 Å². The summed E-state index contributed by atoms with van der Waals surface area (Å²) in [6, 6.07) is 13.2. The lowest BCUT2D eigenvalue weighted by Gasteiger charge is -2.26. The summed E-state index contributed by atoms with van der Waals surface area (Å²) in [5.41, 5.74) is 2.44. The van der Waals surface area contributed by atoms with E-state index in [0.29, 0.717) is 11.6 Å². The van der Waals surface area contributed by atoms with E-state index in [9.17, 15) is 9.50 Å². The number of hydrogen-bond donors (Lipinski definition) is 2. The zero-order chi connectivity index (χ0) is 20.4. The topological polar surface area (TPSA) is 48.0 Å². The van der Waals surface area contributed by atoms with Crippen molar-refractivity contribution in [1.29, 1.82) is 0 Å². The highest BCUT2D eigenvalue weighted by molar-refractivity contribution is 5.56. The summed E-state index contributed by atoms with van der Waals surface area (Å²) in [4.78, 5) is 4.65. The van der Waals surface area contributed by atoms with Crippen molar-refractivity contribution in [3.8, 4) is 5.75 Å². The van der Waals surface area contributed by atoms with Gasteiger partial charge in [-0.15, -0.1) is 0 Å². The van der Waals surface area contributed by atoms with Crippen molar-refractivity contribution in [2.75, 3.05) is 37.4 Å². The maximum Gasteiger partial charge on any atom is 0.165 e. The van der Waals surface area contributed by atoms with Crippen LogP contribution in [0.3, 0.4) is 0 Å². The van der Waals surface area contributed by atoms with E-state index < -0.39 is 12.0 Å². The first-order chi connectivity index (χ1) is 14.0. The third kappa shape index (κ3) is 4.65. The number of nitrogens with zero attached hydrogens (tertiary/aromatic N) is 2. The van der Waals surface area contributed by atoms with Gasteiger partial charge in [-0.1, -0.05) is 6.07 Å². The smallest absolute Gasteiger partial charge is 0.165 e. The van der Waals surface area contributed by atoms with Gasteiger partial charge in [-0.25, -0.2) is 4.39 Å². The Morgan fingerprint density at radius 3 is 2.48 bits per heavy atom. The molecule has 0 spiro atoms. The highest BCUT2D eigenvalue weighted by Crippen LogP contribution is 2.29.